The van der Waals surface area contributed by atoms with E-state index in [1.54, 1.807) is 0 Å². The van der Waals surface area contributed by atoms with Crippen molar-refractivity contribution in [1.82, 2.24) is 9.97 Å². The summed E-state index contributed by atoms with van der Waals surface area (Å²) in [6.07, 6.45) is 0. The average Bonchev–Trinajstić information content (AvgIpc) is 3.88. The smallest absolute Gasteiger partial charge is 0.160 e. The predicted octanol–water partition coefficient (Wildman–Crippen LogP) is 15.1. The molecule has 0 unspecified atom stereocenters. The quantitative estimate of drug-likeness (QED) is 0.161. The summed E-state index contributed by atoms with van der Waals surface area (Å²) in [4.78, 5) is 10.4. The van der Waals surface area contributed by atoms with Crippen LogP contribution in [0, 0.1) is 0 Å². The van der Waals surface area contributed by atoms with Crippen molar-refractivity contribution in [3.05, 3.63) is 253 Å². The van der Waals surface area contributed by atoms with Crippen LogP contribution in [0.25, 0.3) is 89.2 Å². The molecular weight excluding hydrogens is 753 g/mol. The molecule has 0 N–H and O–H groups in total. The van der Waals surface area contributed by atoms with Crippen LogP contribution >= 0.6 is 0 Å². The van der Waals surface area contributed by atoms with Crippen LogP contribution in [0.5, 0.6) is 0 Å². The fourth-order valence-corrected chi connectivity index (χ4v) is 9.79. The first-order chi connectivity index (χ1) is 30.7. The van der Waals surface area contributed by atoms with Crippen molar-refractivity contribution in [1.29, 1.82) is 0 Å². The van der Waals surface area contributed by atoms with Gasteiger partial charge in [0.2, 0.25) is 0 Å². The van der Waals surface area contributed by atoms with E-state index in [1.165, 1.54) is 38.9 Å². The molecule has 9 aromatic carbocycles. The fourth-order valence-electron chi connectivity index (χ4n) is 9.79. The van der Waals surface area contributed by atoms with Crippen molar-refractivity contribution in [2.24, 2.45) is 0 Å². The van der Waals surface area contributed by atoms with Gasteiger partial charge in [-0.2, -0.15) is 0 Å². The number of hydrogen-bond donors (Lipinski definition) is 0. The molecule has 12 rings (SSSR count). The summed E-state index contributed by atoms with van der Waals surface area (Å²) in [6.45, 7) is 0. The summed E-state index contributed by atoms with van der Waals surface area (Å²) >= 11 is 0. The van der Waals surface area contributed by atoms with Crippen LogP contribution in [0.1, 0.15) is 22.3 Å². The Bertz CT molecular complexity index is 3400. The third-order valence-corrected chi connectivity index (χ3v) is 12.6. The third-order valence-electron chi connectivity index (χ3n) is 12.6. The summed E-state index contributed by atoms with van der Waals surface area (Å²) in [7, 11) is 0. The molecule has 0 radical (unpaired) electrons. The zero-order valence-electron chi connectivity index (χ0n) is 33.7. The third kappa shape index (κ3) is 5.74. The first-order valence-electron chi connectivity index (χ1n) is 21.1. The maximum absolute atomic E-state index is 6.11. The molecule has 0 spiro atoms. The van der Waals surface area contributed by atoms with Gasteiger partial charge in [0.05, 0.1) is 16.8 Å². The minimum atomic E-state index is -0.520. The van der Waals surface area contributed by atoms with Crippen LogP contribution in [0.15, 0.2) is 235 Å². The van der Waals surface area contributed by atoms with E-state index >= 15 is 0 Å². The lowest BCUT2D eigenvalue weighted by atomic mass is 9.66. The second-order valence-corrected chi connectivity index (χ2v) is 16.1. The van der Waals surface area contributed by atoms with Gasteiger partial charge in [-0.15, -0.1) is 0 Å². The molecule has 0 aliphatic heterocycles. The van der Waals surface area contributed by atoms with Crippen molar-refractivity contribution >= 4 is 21.9 Å². The predicted molar refractivity (Wildman–Crippen MR) is 254 cm³/mol. The van der Waals surface area contributed by atoms with Crippen LogP contribution in [-0.4, -0.2) is 9.97 Å². The van der Waals surface area contributed by atoms with Crippen LogP contribution in [0.4, 0.5) is 0 Å². The highest BCUT2D eigenvalue weighted by molar-refractivity contribution is 6.06. The van der Waals surface area contributed by atoms with Gasteiger partial charge in [-0.3, -0.25) is 0 Å². The summed E-state index contributed by atoms with van der Waals surface area (Å²) in [5.74, 6) is 0.688. The van der Waals surface area contributed by atoms with Gasteiger partial charge in [0.15, 0.2) is 5.82 Å². The lowest BCUT2D eigenvalue weighted by Crippen LogP contribution is -2.29. The van der Waals surface area contributed by atoms with E-state index in [-0.39, 0.29) is 0 Å². The number of hydrogen-bond acceptors (Lipinski definition) is 3. The summed E-state index contributed by atoms with van der Waals surface area (Å²) in [6, 6.07) is 82.4. The Morgan fingerprint density at radius 1 is 0.323 bits per heavy atom. The summed E-state index contributed by atoms with van der Waals surface area (Å²) < 4.78 is 6.11. The first-order valence-corrected chi connectivity index (χ1v) is 21.1. The largest absolute Gasteiger partial charge is 0.456 e. The fraction of sp³-hybridized carbons (Fsp3) is 0.0169. The van der Waals surface area contributed by atoms with E-state index < -0.39 is 5.41 Å². The molecule has 3 heteroatoms. The molecule has 3 nitrogen and oxygen atoms in total. The maximum atomic E-state index is 6.11. The highest BCUT2D eigenvalue weighted by Gasteiger charge is 2.47. The molecule has 0 amide bonds. The molecular formula is C59H38N2O. The Morgan fingerprint density at radius 3 is 1.65 bits per heavy atom. The van der Waals surface area contributed by atoms with Gasteiger partial charge in [0.25, 0.3) is 0 Å². The first kappa shape index (κ1) is 35.8. The number of para-hydroxylation sites is 1. The van der Waals surface area contributed by atoms with Crippen LogP contribution in [0.2, 0.25) is 0 Å². The van der Waals surface area contributed by atoms with E-state index in [1.807, 2.05) is 30.3 Å². The molecule has 2 heterocycles. The number of furan rings is 1. The van der Waals surface area contributed by atoms with Crippen LogP contribution < -0.4 is 0 Å². The Balaban J connectivity index is 0.992. The van der Waals surface area contributed by atoms with Crippen molar-refractivity contribution in [2.75, 3.05) is 0 Å². The summed E-state index contributed by atoms with van der Waals surface area (Å²) in [5, 5.41) is 2.24. The Hall–Kier alpha value is -8.14. The number of nitrogens with zero attached hydrogens (tertiary/aromatic N) is 2. The molecule has 0 saturated heterocycles. The monoisotopic (exact) mass is 790 g/mol. The number of rotatable bonds is 7. The van der Waals surface area contributed by atoms with E-state index in [0.717, 1.165) is 66.7 Å². The standard InChI is InChI=1S/C59H38N2O/c1-4-16-41(17-5-1)58-60-53(40-32-30-39(31-33-40)42-34-35-56-51(37-42)49-25-11-13-29-55(49)62-56)38-54(61-58)44-19-14-18-43(36-44)47-26-15-27-50-48-24-10-12-28-52(48)59(57(47)50,45-20-6-2-7-21-45)46-22-8-3-9-23-46/h1-38H. The van der Waals surface area contributed by atoms with Crippen molar-refractivity contribution in [3.63, 3.8) is 0 Å². The van der Waals surface area contributed by atoms with Crippen LogP contribution in [0.3, 0.4) is 0 Å². The lowest BCUT2D eigenvalue weighted by molar-refractivity contribution is 0.669. The van der Waals surface area contributed by atoms with Gasteiger partial charge in [-0.05, 0) is 86.0 Å². The van der Waals surface area contributed by atoms with Gasteiger partial charge >= 0.3 is 0 Å². The van der Waals surface area contributed by atoms with Crippen molar-refractivity contribution < 1.29 is 4.42 Å². The topological polar surface area (TPSA) is 38.9 Å². The Kier molecular flexibility index (Phi) is 8.39. The molecule has 0 bridgehead atoms. The summed E-state index contributed by atoms with van der Waals surface area (Å²) in [5.41, 5.74) is 18.2. The maximum Gasteiger partial charge on any atom is 0.160 e. The number of benzene rings is 9. The minimum absolute atomic E-state index is 0.520. The Labute approximate surface area is 360 Å². The molecule has 0 saturated carbocycles. The lowest BCUT2D eigenvalue weighted by Gasteiger charge is -2.35. The molecule has 0 atom stereocenters. The number of aromatic nitrogens is 2. The highest BCUT2D eigenvalue weighted by Crippen LogP contribution is 2.58. The van der Waals surface area contributed by atoms with E-state index in [0.29, 0.717) is 5.82 Å². The van der Waals surface area contributed by atoms with Gasteiger partial charge in [0.1, 0.15) is 11.2 Å². The van der Waals surface area contributed by atoms with E-state index in [4.69, 9.17) is 14.4 Å². The molecule has 62 heavy (non-hydrogen) atoms. The zero-order valence-corrected chi connectivity index (χ0v) is 33.7. The van der Waals surface area contributed by atoms with Gasteiger partial charge < -0.3 is 4.42 Å². The number of fused-ring (bicyclic) bond motifs is 6. The highest BCUT2D eigenvalue weighted by atomic mass is 16.3. The average molecular weight is 791 g/mol. The normalized spacial score (nSPS) is 12.6. The molecule has 290 valence electrons. The van der Waals surface area contributed by atoms with Crippen molar-refractivity contribution in [2.45, 2.75) is 5.41 Å². The van der Waals surface area contributed by atoms with Gasteiger partial charge in [0, 0.05) is 27.5 Å². The van der Waals surface area contributed by atoms with Crippen LogP contribution in [-0.2, 0) is 5.41 Å². The van der Waals surface area contributed by atoms with E-state index in [9.17, 15) is 0 Å². The van der Waals surface area contributed by atoms with Gasteiger partial charge in [-0.1, -0.05) is 200 Å². The minimum Gasteiger partial charge on any atom is -0.456 e. The second kappa shape index (κ2) is 14.5. The molecule has 2 aromatic heterocycles. The molecule has 0 fully saturated rings. The van der Waals surface area contributed by atoms with Gasteiger partial charge in [-0.25, -0.2) is 9.97 Å². The van der Waals surface area contributed by atoms with E-state index in [2.05, 4.69) is 200 Å². The molecule has 11 aromatic rings. The van der Waals surface area contributed by atoms with Crippen molar-refractivity contribution in [3.8, 4) is 67.3 Å². The second-order valence-electron chi connectivity index (χ2n) is 16.1. The zero-order chi connectivity index (χ0) is 41.0. The molecule has 1 aliphatic rings. The molecule has 1 aliphatic carbocycles. The Morgan fingerprint density at radius 2 is 0.871 bits per heavy atom. The SMILES string of the molecule is c1ccc(-c2nc(-c3ccc(-c4ccc5oc6ccccc6c5c4)cc3)cc(-c3cccc(-c4cccc5c4C(c4ccccc4)(c4ccccc4)c4ccccc4-5)c3)n2)cc1.